The van der Waals surface area contributed by atoms with Crippen molar-refractivity contribution in [3.05, 3.63) is 53.8 Å². The van der Waals surface area contributed by atoms with Crippen LogP contribution in [0, 0.1) is 5.82 Å². The molecular formula is C14H14FNO2. The fraction of sp³-hybridized carbons (Fsp3) is 0.143. The maximum Gasteiger partial charge on any atom is 0.146 e. The molecule has 0 aliphatic rings. The van der Waals surface area contributed by atoms with Gasteiger partial charge in [0.15, 0.2) is 0 Å². The zero-order valence-corrected chi connectivity index (χ0v) is 9.98. The molecule has 0 aromatic heterocycles. The molecule has 0 saturated heterocycles. The van der Waals surface area contributed by atoms with Gasteiger partial charge in [-0.1, -0.05) is 12.1 Å². The number of anilines is 1. The second kappa shape index (κ2) is 5.40. The minimum Gasteiger partial charge on any atom is -0.508 e. The second-order valence-corrected chi connectivity index (χ2v) is 3.87. The molecule has 18 heavy (non-hydrogen) atoms. The highest BCUT2D eigenvalue weighted by atomic mass is 19.1. The van der Waals surface area contributed by atoms with Crippen molar-refractivity contribution in [2.75, 3.05) is 12.4 Å². The Hall–Kier alpha value is -2.23. The Morgan fingerprint density at radius 2 is 2.06 bits per heavy atom. The molecule has 4 heteroatoms. The molecule has 94 valence electrons. The molecule has 0 aliphatic heterocycles. The maximum absolute atomic E-state index is 13.5. The van der Waals surface area contributed by atoms with E-state index in [1.807, 2.05) is 6.07 Å². The van der Waals surface area contributed by atoms with Crippen LogP contribution in [0.2, 0.25) is 0 Å². The van der Waals surface area contributed by atoms with Gasteiger partial charge in [0.05, 0.1) is 12.8 Å². The van der Waals surface area contributed by atoms with Crippen LogP contribution in [0.15, 0.2) is 42.5 Å². The largest absolute Gasteiger partial charge is 0.508 e. The van der Waals surface area contributed by atoms with Gasteiger partial charge in [-0.2, -0.15) is 0 Å². The predicted octanol–water partition coefficient (Wildman–Crippen LogP) is 3.15. The molecule has 2 aromatic rings. The summed E-state index contributed by atoms with van der Waals surface area (Å²) in [7, 11) is 1.53. The summed E-state index contributed by atoms with van der Waals surface area (Å²) in [6.07, 6.45) is 0. The first kappa shape index (κ1) is 12.2. The number of ether oxygens (including phenoxy) is 1. The summed E-state index contributed by atoms with van der Waals surface area (Å²) in [5.41, 5.74) is 1.25. The van der Waals surface area contributed by atoms with Gasteiger partial charge in [-0.05, 0) is 29.8 Å². The Labute approximate surface area is 105 Å². The van der Waals surface area contributed by atoms with Gasteiger partial charge in [0, 0.05) is 12.6 Å². The van der Waals surface area contributed by atoms with Crippen molar-refractivity contribution in [2.45, 2.75) is 6.54 Å². The van der Waals surface area contributed by atoms with Crippen LogP contribution in [0.25, 0.3) is 0 Å². The van der Waals surface area contributed by atoms with Crippen LogP contribution in [0.1, 0.15) is 5.56 Å². The Morgan fingerprint density at radius 1 is 1.22 bits per heavy atom. The zero-order chi connectivity index (χ0) is 13.0. The number of hydrogen-bond acceptors (Lipinski definition) is 3. The first-order valence-corrected chi connectivity index (χ1v) is 5.54. The van der Waals surface area contributed by atoms with Gasteiger partial charge in [-0.3, -0.25) is 0 Å². The highest BCUT2D eigenvalue weighted by molar-refractivity contribution is 5.50. The van der Waals surface area contributed by atoms with Crippen LogP contribution in [0.3, 0.4) is 0 Å². The molecule has 0 aliphatic carbocycles. The highest BCUT2D eigenvalue weighted by Crippen LogP contribution is 2.22. The molecule has 0 fully saturated rings. The summed E-state index contributed by atoms with van der Waals surface area (Å²) in [6, 6.07) is 11.3. The minimum absolute atomic E-state index is 0.195. The van der Waals surface area contributed by atoms with Crippen LogP contribution < -0.4 is 10.1 Å². The number of aromatic hydroxyl groups is 1. The van der Waals surface area contributed by atoms with Crippen LogP contribution in [0.4, 0.5) is 10.1 Å². The summed E-state index contributed by atoms with van der Waals surface area (Å²) in [5.74, 6) is 0.450. The van der Waals surface area contributed by atoms with E-state index in [9.17, 15) is 9.50 Å². The standard InChI is InChI=1S/C14H14FNO2/c1-18-12-5-6-13(15)14(8-12)16-9-10-3-2-4-11(17)7-10/h2-8,16-17H,9H2,1H3. The van der Waals surface area contributed by atoms with Gasteiger partial charge in [-0.15, -0.1) is 0 Å². The molecule has 3 nitrogen and oxygen atoms in total. The lowest BCUT2D eigenvalue weighted by Crippen LogP contribution is -2.01. The molecule has 0 atom stereocenters. The first-order chi connectivity index (χ1) is 8.69. The van der Waals surface area contributed by atoms with Crippen LogP contribution in [-0.2, 0) is 6.54 Å². The third kappa shape index (κ3) is 2.91. The SMILES string of the molecule is COc1ccc(F)c(NCc2cccc(O)c2)c1. The lowest BCUT2D eigenvalue weighted by Gasteiger charge is -2.09. The number of benzene rings is 2. The van der Waals surface area contributed by atoms with Crippen molar-refractivity contribution in [3.63, 3.8) is 0 Å². The van der Waals surface area contributed by atoms with Gasteiger partial charge in [0.2, 0.25) is 0 Å². The molecule has 0 amide bonds. The van der Waals surface area contributed by atoms with Gasteiger partial charge >= 0.3 is 0 Å². The highest BCUT2D eigenvalue weighted by Gasteiger charge is 2.03. The Morgan fingerprint density at radius 3 is 2.78 bits per heavy atom. The van der Waals surface area contributed by atoms with E-state index >= 15 is 0 Å². The molecule has 2 rings (SSSR count). The smallest absolute Gasteiger partial charge is 0.146 e. The van der Waals surface area contributed by atoms with Gasteiger partial charge in [0.1, 0.15) is 17.3 Å². The molecule has 2 N–H and O–H groups in total. The van der Waals surface area contributed by atoms with Crippen molar-refractivity contribution in [2.24, 2.45) is 0 Å². The van der Waals surface area contributed by atoms with E-state index < -0.39 is 0 Å². The Balaban J connectivity index is 2.10. The van der Waals surface area contributed by atoms with Crippen LogP contribution in [-0.4, -0.2) is 12.2 Å². The molecule has 0 spiro atoms. The lowest BCUT2D eigenvalue weighted by molar-refractivity contribution is 0.414. The van der Waals surface area contributed by atoms with Crippen molar-refractivity contribution in [1.82, 2.24) is 0 Å². The lowest BCUT2D eigenvalue weighted by atomic mass is 10.2. The number of halogens is 1. The van der Waals surface area contributed by atoms with Gasteiger partial charge in [-0.25, -0.2) is 4.39 Å². The Bertz CT molecular complexity index is 543. The molecule has 0 radical (unpaired) electrons. The molecule has 0 saturated carbocycles. The number of methoxy groups -OCH3 is 1. The third-order valence-corrected chi connectivity index (χ3v) is 2.57. The quantitative estimate of drug-likeness (QED) is 0.872. The molecule has 0 heterocycles. The normalized spacial score (nSPS) is 10.1. The summed E-state index contributed by atoms with van der Waals surface area (Å²) in [5, 5.41) is 12.3. The van der Waals surface area contributed by atoms with Crippen molar-refractivity contribution < 1.29 is 14.2 Å². The summed E-state index contributed by atoms with van der Waals surface area (Å²) in [6.45, 7) is 0.429. The van der Waals surface area contributed by atoms with E-state index in [1.165, 1.54) is 13.2 Å². The van der Waals surface area contributed by atoms with Gasteiger partial charge in [0.25, 0.3) is 0 Å². The molecule has 0 unspecified atom stereocenters. The van der Waals surface area contributed by atoms with Crippen molar-refractivity contribution in [3.8, 4) is 11.5 Å². The molecule has 2 aromatic carbocycles. The topological polar surface area (TPSA) is 41.5 Å². The first-order valence-electron chi connectivity index (χ1n) is 5.54. The number of rotatable bonds is 4. The number of nitrogens with one attached hydrogen (secondary N) is 1. The Kier molecular flexibility index (Phi) is 3.67. The maximum atomic E-state index is 13.5. The number of phenols is 1. The van der Waals surface area contributed by atoms with Crippen LogP contribution in [0.5, 0.6) is 11.5 Å². The van der Waals surface area contributed by atoms with Gasteiger partial charge < -0.3 is 15.2 Å². The van der Waals surface area contributed by atoms with E-state index in [-0.39, 0.29) is 11.6 Å². The zero-order valence-electron chi connectivity index (χ0n) is 9.98. The summed E-state index contributed by atoms with van der Waals surface area (Å²) < 4.78 is 18.6. The van der Waals surface area contributed by atoms with E-state index in [0.717, 1.165) is 5.56 Å². The van der Waals surface area contributed by atoms with E-state index in [4.69, 9.17) is 4.74 Å². The summed E-state index contributed by atoms with van der Waals surface area (Å²) >= 11 is 0. The fourth-order valence-electron chi connectivity index (χ4n) is 1.63. The van der Waals surface area contributed by atoms with Crippen LogP contribution >= 0.6 is 0 Å². The molecular weight excluding hydrogens is 233 g/mol. The van der Waals surface area contributed by atoms with Crippen molar-refractivity contribution in [1.29, 1.82) is 0 Å². The predicted molar refractivity (Wildman–Crippen MR) is 68.4 cm³/mol. The van der Waals surface area contributed by atoms with E-state index in [0.29, 0.717) is 18.0 Å². The monoisotopic (exact) mass is 247 g/mol. The number of phenolic OH excluding ortho intramolecular Hbond substituents is 1. The number of hydrogen-bond donors (Lipinski definition) is 2. The third-order valence-electron chi connectivity index (χ3n) is 2.57. The van der Waals surface area contributed by atoms with E-state index in [2.05, 4.69) is 5.32 Å². The fourth-order valence-corrected chi connectivity index (χ4v) is 1.63. The second-order valence-electron chi connectivity index (χ2n) is 3.87. The molecule has 0 bridgehead atoms. The van der Waals surface area contributed by atoms with E-state index in [1.54, 1.807) is 30.3 Å². The summed E-state index contributed by atoms with van der Waals surface area (Å²) in [4.78, 5) is 0. The van der Waals surface area contributed by atoms with Crippen molar-refractivity contribution >= 4 is 5.69 Å². The average molecular weight is 247 g/mol. The average Bonchev–Trinajstić information content (AvgIpc) is 2.38. The minimum atomic E-state index is -0.337.